The van der Waals surface area contributed by atoms with Gasteiger partial charge >= 0.3 is 0 Å². The Morgan fingerprint density at radius 2 is 1.91 bits per heavy atom. The summed E-state index contributed by atoms with van der Waals surface area (Å²) in [6.45, 7) is 3.30. The number of fused-ring (bicyclic) bond motifs is 2. The van der Waals surface area contributed by atoms with E-state index in [2.05, 4.69) is 9.88 Å². The smallest absolute Gasteiger partial charge is 0.228 e. The molecule has 1 fully saturated rings. The number of benzene rings is 2. The fourth-order valence-electron chi connectivity index (χ4n) is 5.45. The Labute approximate surface area is 255 Å². The Morgan fingerprint density at radius 3 is 2.58 bits per heavy atom. The second-order valence-electron chi connectivity index (χ2n) is 10.8. The lowest BCUT2D eigenvalue weighted by Gasteiger charge is -2.43. The molecule has 1 saturated heterocycles. The van der Waals surface area contributed by atoms with E-state index in [9.17, 15) is 9.65 Å². The molecule has 1 aliphatic heterocycles. The number of nitrogen functional groups attached to an aromatic ring is 2. The van der Waals surface area contributed by atoms with Crippen LogP contribution < -0.4 is 21.3 Å². The molecule has 3 aromatic heterocycles. The molecule has 5 aromatic rings. The van der Waals surface area contributed by atoms with E-state index in [4.69, 9.17) is 33.0 Å². The highest BCUT2D eigenvalue weighted by Crippen LogP contribution is 2.46. The number of likely N-dealkylation sites (N-methyl/N-ethyl adjacent to an activating group) is 1. The number of nitriles is 1. The van der Waals surface area contributed by atoms with Gasteiger partial charge in [-0.1, -0.05) is 23.7 Å². The van der Waals surface area contributed by atoms with Crippen LogP contribution in [-0.2, 0) is 0 Å². The van der Waals surface area contributed by atoms with Crippen molar-refractivity contribution in [3.63, 3.8) is 0 Å². The molecule has 0 aliphatic carbocycles. The van der Waals surface area contributed by atoms with Gasteiger partial charge in [0.05, 0.1) is 21.3 Å². The summed E-state index contributed by atoms with van der Waals surface area (Å²) in [5.41, 5.74) is 13.4. The zero-order valence-electron chi connectivity index (χ0n) is 23.9. The van der Waals surface area contributed by atoms with Gasteiger partial charge in [-0.25, -0.2) is 18.7 Å². The number of anilines is 4. The summed E-state index contributed by atoms with van der Waals surface area (Å²) in [7, 11) is 5.86. The quantitative estimate of drug-likeness (QED) is 0.242. The van der Waals surface area contributed by atoms with Crippen molar-refractivity contribution in [1.82, 2.24) is 19.9 Å². The summed E-state index contributed by atoms with van der Waals surface area (Å²) in [6.07, 6.45) is 1.62. The molecule has 6 rings (SSSR count). The highest BCUT2D eigenvalue weighted by atomic mass is 35.5. The molecule has 0 amide bonds. The van der Waals surface area contributed by atoms with Crippen molar-refractivity contribution in [2.75, 3.05) is 55.5 Å². The summed E-state index contributed by atoms with van der Waals surface area (Å²) < 4.78 is 31.8. The van der Waals surface area contributed by atoms with Crippen molar-refractivity contribution in [3.8, 4) is 17.2 Å². The molecule has 2 aromatic carbocycles. The van der Waals surface area contributed by atoms with Crippen LogP contribution in [0.25, 0.3) is 32.1 Å². The number of nitrogens with two attached hydrogens (primary N) is 2. The number of hydrogen-bond donors (Lipinski definition) is 2. The van der Waals surface area contributed by atoms with Crippen LogP contribution in [0, 0.1) is 23.0 Å². The third kappa shape index (κ3) is 4.64. The monoisotopic (exact) mass is 619 g/mol. The first-order valence-electron chi connectivity index (χ1n) is 13.5. The Kier molecular flexibility index (Phi) is 7.20. The molecule has 0 saturated carbocycles. The molecule has 1 aliphatic rings. The first kappa shape index (κ1) is 28.8. The first-order chi connectivity index (χ1) is 20.5. The number of nitrogens with zero attached hydrogens (tertiary/aromatic N) is 7. The molecule has 1 atom stereocenters. The van der Waals surface area contributed by atoms with Crippen molar-refractivity contribution < 1.29 is 8.78 Å². The Bertz CT molecular complexity index is 1950. The number of halogens is 3. The molecule has 0 bridgehead atoms. The zero-order chi connectivity index (χ0) is 30.7. The van der Waals surface area contributed by atoms with E-state index in [1.54, 1.807) is 18.3 Å². The van der Waals surface area contributed by atoms with E-state index in [0.717, 1.165) is 16.9 Å². The van der Waals surface area contributed by atoms with Gasteiger partial charge in [-0.3, -0.25) is 0 Å². The average Bonchev–Trinajstić information content (AvgIpc) is 3.29. The Morgan fingerprint density at radius 1 is 1.16 bits per heavy atom. The first-order valence-corrected chi connectivity index (χ1v) is 14.7. The van der Waals surface area contributed by atoms with E-state index < -0.39 is 11.6 Å². The maximum Gasteiger partial charge on any atom is 0.228 e. The van der Waals surface area contributed by atoms with Crippen LogP contribution in [0.5, 0.6) is 0 Å². The summed E-state index contributed by atoms with van der Waals surface area (Å²) >= 11 is 7.75. The Hall–Kier alpha value is -4.31. The maximum absolute atomic E-state index is 16.8. The highest BCUT2D eigenvalue weighted by molar-refractivity contribution is 7.23. The minimum absolute atomic E-state index is 0.00560. The lowest BCUT2D eigenvalue weighted by molar-refractivity contribution is 0.245. The number of rotatable bonds is 6. The standard InChI is InChI=1S/C30H28ClF2N9S/c1-14(16-6-5-9-37-27(16)35)41(4)29-18-10-20(31)23(17-7-8-21(32)26-22(17)19(11-34)28(36)43-26)24(33)25(18)38-30(39-29)42-12-15(13-42)40(2)3/h5-10,14-15H,12-13,36H2,1-4H3,(H2,35,37)/t14-/m1/s1. The van der Waals surface area contributed by atoms with Crippen LogP contribution in [0.3, 0.4) is 0 Å². The van der Waals surface area contributed by atoms with Crippen LogP contribution >= 0.6 is 22.9 Å². The van der Waals surface area contributed by atoms with Gasteiger partial charge in [0, 0.05) is 54.3 Å². The SMILES string of the molecule is C[C@H](c1cccnc1N)N(C)c1nc(N2CC(N(C)C)C2)nc2c(F)c(-c3ccc(F)c4sc(N)c(C#N)c34)c(Cl)cc12. The van der Waals surface area contributed by atoms with Gasteiger partial charge in [0.1, 0.15) is 34.0 Å². The van der Waals surface area contributed by atoms with Crippen molar-refractivity contribution in [2.24, 2.45) is 0 Å². The molecule has 0 unspecified atom stereocenters. The van der Waals surface area contributed by atoms with Gasteiger partial charge in [-0.05, 0) is 44.8 Å². The number of aromatic nitrogens is 3. The van der Waals surface area contributed by atoms with E-state index in [1.807, 2.05) is 50.0 Å². The highest BCUT2D eigenvalue weighted by Gasteiger charge is 2.33. The predicted octanol–water partition coefficient (Wildman–Crippen LogP) is 5.82. The minimum atomic E-state index is -0.708. The topological polar surface area (TPSA) is 124 Å². The molecule has 4 N–H and O–H groups in total. The molecule has 4 heterocycles. The summed E-state index contributed by atoms with van der Waals surface area (Å²) in [5.74, 6) is -0.0571. The van der Waals surface area contributed by atoms with Gasteiger partial charge in [-0.15, -0.1) is 11.3 Å². The van der Waals surface area contributed by atoms with Crippen LogP contribution in [-0.4, -0.2) is 60.1 Å². The van der Waals surface area contributed by atoms with Crippen molar-refractivity contribution >= 4 is 66.5 Å². The normalized spacial score (nSPS) is 14.3. The summed E-state index contributed by atoms with van der Waals surface area (Å²) in [4.78, 5) is 19.8. The van der Waals surface area contributed by atoms with Crippen molar-refractivity contribution in [3.05, 3.63) is 64.3 Å². The van der Waals surface area contributed by atoms with Crippen LogP contribution in [0.15, 0.2) is 36.5 Å². The number of hydrogen-bond acceptors (Lipinski definition) is 10. The van der Waals surface area contributed by atoms with Gasteiger partial charge in [0.15, 0.2) is 5.82 Å². The van der Waals surface area contributed by atoms with Gasteiger partial charge in [0.2, 0.25) is 5.95 Å². The second-order valence-corrected chi connectivity index (χ2v) is 12.3. The van der Waals surface area contributed by atoms with E-state index >= 15 is 4.39 Å². The fraction of sp³-hybridized carbons (Fsp3) is 0.267. The van der Waals surface area contributed by atoms with E-state index in [1.165, 1.54) is 12.1 Å². The summed E-state index contributed by atoms with van der Waals surface area (Å²) in [5, 5.41) is 10.6. The molecule has 0 radical (unpaired) electrons. The van der Waals surface area contributed by atoms with E-state index in [0.29, 0.717) is 42.1 Å². The van der Waals surface area contributed by atoms with E-state index in [-0.39, 0.29) is 48.4 Å². The van der Waals surface area contributed by atoms with Gasteiger partial charge < -0.3 is 26.2 Å². The Balaban J connectivity index is 1.59. The lowest BCUT2D eigenvalue weighted by Crippen LogP contribution is -2.58. The largest absolute Gasteiger partial charge is 0.389 e. The van der Waals surface area contributed by atoms with Crippen LogP contribution in [0.4, 0.5) is 31.4 Å². The molecular formula is C30H28ClF2N9S. The molecule has 13 heteroatoms. The summed E-state index contributed by atoms with van der Waals surface area (Å²) in [6, 6.07) is 10.0. The van der Waals surface area contributed by atoms with Gasteiger partial charge in [-0.2, -0.15) is 10.2 Å². The average molecular weight is 620 g/mol. The maximum atomic E-state index is 16.8. The molecule has 220 valence electrons. The number of pyridine rings is 1. The third-order valence-corrected chi connectivity index (χ3v) is 9.49. The van der Waals surface area contributed by atoms with Crippen LogP contribution in [0.2, 0.25) is 5.02 Å². The predicted molar refractivity (Wildman–Crippen MR) is 170 cm³/mol. The fourth-order valence-corrected chi connectivity index (χ4v) is 6.70. The molecule has 0 spiro atoms. The lowest BCUT2D eigenvalue weighted by atomic mass is 9.97. The van der Waals surface area contributed by atoms with Crippen molar-refractivity contribution in [1.29, 1.82) is 5.26 Å². The second kappa shape index (κ2) is 10.8. The van der Waals surface area contributed by atoms with Gasteiger partial charge in [0.25, 0.3) is 0 Å². The van der Waals surface area contributed by atoms with Crippen molar-refractivity contribution in [2.45, 2.75) is 19.0 Å². The molecule has 9 nitrogen and oxygen atoms in total. The molecule has 43 heavy (non-hydrogen) atoms. The zero-order valence-corrected chi connectivity index (χ0v) is 25.4. The van der Waals surface area contributed by atoms with Crippen LogP contribution in [0.1, 0.15) is 24.1 Å². The number of thiophene rings is 1. The third-order valence-electron chi connectivity index (χ3n) is 8.16. The minimum Gasteiger partial charge on any atom is -0.389 e. The molecular weight excluding hydrogens is 592 g/mol.